The van der Waals surface area contributed by atoms with Crippen molar-refractivity contribution in [2.75, 3.05) is 19.7 Å². The predicted molar refractivity (Wildman–Crippen MR) is 126 cm³/mol. The van der Waals surface area contributed by atoms with Crippen LogP contribution >= 0.6 is 0 Å². The number of benzene rings is 1. The number of carbonyl (C=O) groups is 2. The van der Waals surface area contributed by atoms with Gasteiger partial charge in [0.25, 0.3) is 5.91 Å². The van der Waals surface area contributed by atoms with Crippen molar-refractivity contribution < 1.29 is 18.7 Å². The Morgan fingerprint density at radius 2 is 1.91 bits per heavy atom. The summed E-state index contributed by atoms with van der Waals surface area (Å²) in [5.41, 5.74) is 3.98. The molecule has 1 amide bonds. The van der Waals surface area contributed by atoms with Gasteiger partial charge in [0.05, 0.1) is 23.0 Å². The fourth-order valence-corrected chi connectivity index (χ4v) is 5.21. The van der Waals surface area contributed by atoms with Crippen LogP contribution in [0.25, 0.3) is 22.6 Å². The summed E-state index contributed by atoms with van der Waals surface area (Å²) < 4.78 is 11.1. The van der Waals surface area contributed by atoms with Gasteiger partial charge in [0.15, 0.2) is 6.61 Å². The third kappa shape index (κ3) is 4.30. The molecule has 2 atom stereocenters. The monoisotopic (exact) mass is 444 g/mol. The largest absolute Gasteiger partial charge is 0.465 e. The zero-order chi connectivity index (χ0) is 22.9. The highest BCUT2D eigenvalue weighted by Gasteiger charge is 2.30. The molecule has 6 nitrogen and oxygen atoms in total. The summed E-state index contributed by atoms with van der Waals surface area (Å²) in [6.07, 6.45) is 6.19. The molecule has 0 spiro atoms. The number of esters is 1. The van der Waals surface area contributed by atoms with Crippen molar-refractivity contribution in [1.82, 2.24) is 9.88 Å². The van der Waals surface area contributed by atoms with Crippen LogP contribution in [-0.2, 0) is 16.0 Å². The molecule has 0 N–H and O–H groups in total. The molecule has 1 aliphatic carbocycles. The molecule has 2 unspecified atom stereocenters. The highest BCUT2D eigenvalue weighted by molar-refractivity contribution is 6.07. The number of rotatable bonds is 4. The molecular formula is C27H28N2O4. The lowest BCUT2D eigenvalue weighted by Crippen LogP contribution is -2.44. The first kappa shape index (κ1) is 21.4. The van der Waals surface area contributed by atoms with Crippen molar-refractivity contribution in [3.63, 3.8) is 0 Å². The van der Waals surface area contributed by atoms with Crippen LogP contribution < -0.4 is 0 Å². The standard InChI is InChI=1S/C27H28N2O4/c1-17-12-18(2)15-29(14-17)24(30)16-33-27(31)25-21-7-3-4-8-23(21)28-26-19(9-10-22(25)26)13-20-6-5-11-32-20/h3-8,11,13,17-18H,9-10,12,14-16H2,1-2H3/b19-13+. The number of pyridine rings is 1. The Kier molecular flexibility index (Phi) is 5.75. The number of hydrogen-bond donors (Lipinski definition) is 0. The van der Waals surface area contributed by atoms with E-state index < -0.39 is 5.97 Å². The number of likely N-dealkylation sites (tertiary alicyclic amines) is 1. The van der Waals surface area contributed by atoms with Gasteiger partial charge in [-0.1, -0.05) is 32.0 Å². The van der Waals surface area contributed by atoms with Crippen molar-refractivity contribution in [1.29, 1.82) is 0 Å². The topological polar surface area (TPSA) is 72.6 Å². The van der Waals surface area contributed by atoms with E-state index in [4.69, 9.17) is 14.1 Å². The maximum atomic E-state index is 13.3. The number of aromatic nitrogens is 1. The van der Waals surface area contributed by atoms with Crippen LogP contribution in [0, 0.1) is 11.8 Å². The van der Waals surface area contributed by atoms with Crippen LogP contribution in [0.3, 0.4) is 0 Å². The smallest absolute Gasteiger partial charge is 0.339 e. The summed E-state index contributed by atoms with van der Waals surface area (Å²) in [5.74, 6) is 1.08. The van der Waals surface area contributed by atoms with E-state index in [0.29, 0.717) is 23.8 Å². The number of para-hydroxylation sites is 1. The molecule has 0 radical (unpaired) electrons. The van der Waals surface area contributed by atoms with E-state index in [1.807, 2.05) is 47.4 Å². The SMILES string of the molecule is CC1CC(C)CN(C(=O)COC(=O)c2c3c(nc4ccccc24)/C(=C/c2ccco2)CC3)C1. The summed E-state index contributed by atoms with van der Waals surface area (Å²) in [4.78, 5) is 32.7. The summed E-state index contributed by atoms with van der Waals surface area (Å²) in [7, 11) is 0. The molecule has 1 saturated heterocycles. The van der Waals surface area contributed by atoms with E-state index in [1.165, 1.54) is 0 Å². The summed E-state index contributed by atoms with van der Waals surface area (Å²) in [5, 5.41) is 0.758. The molecule has 2 aromatic heterocycles. The van der Waals surface area contributed by atoms with Gasteiger partial charge in [0.2, 0.25) is 0 Å². The molecule has 170 valence electrons. The average molecular weight is 445 g/mol. The number of ether oxygens (including phenoxy) is 1. The van der Waals surface area contributed by atoms with E-state index in [1.54, 1.807) is 6.26 Å². The van der Waals surface area contributed by atoms with Crippen LogP contribution in [-0.4, -0.2) is 41.5 Å². The lowest BCUT2D eigenvalue weighted by molar-refractivity contribution is -0.137. The quantitative estimate of drug-likeness (QED) is 0.531. The number of amides is 1. The normalized spacial score (nSPS) is 21.4. The molecule has 3 heterocycles. The second-order valence-electron chi connectivity index (χ2n) is 9.34. The summed E-state index contributed by atoms with van der Waals surface area (Å²) >= 11 is 0. The first-order valence-electron chi connectivity index (χ1n) is 11.6. The zero-order valence-electron chi connectivity index (χ0n) is 19.0. The minimum Gasteiger partial charge on any atom is -0.465 e. The minimum atomic E-state index is -0.462. The predicted octanol–water partition coefficient (Wildman–Crippen LogP) is 4.98. The van der Waals surface area contributed by atoms with Crippen molar-refractivity contribution in [2.45, 2.75) is 33.1 Å². The van der Waals surface area contributed by atoms with Gasteiger partial charge in [0, 0.05) is 18.5 Å². The van der Waals surface area contributed by atoms with Gasteiger partial charge in [0.1, 0.15) is 5.76 Å². The third-order valence-electron chi connectivity index (χ3n) is 6.55. The first-order valence-corrected chi connectivity index (χ1v) is 11.6. The fourth-order valence-electron chi connectivity index (χ4n) is 5.21. The number of nitrogens with zero attached hydrogens (tertiary/aromatic N) is 2. The molecular weight excluding hydrogens is 416 g/mol. The van der Waals surface area contributed by atoms with Gasteiger partial charge in [-0.2, -0.15) is 0 Å². The van der Waals surface area contributed by atoms with Crippen molar-refractivity contribution >= 4 is 34.4 Å². The summed E-state index contributed by atoms with van der Waals surface area (Å²) in [6, 6.07) is 11.3. The fraction of sp³-hybridized carbons (Fsp3) is 0.370. The van der Waals surface area contributed by atoms with E-state index in [2.05, 4.69) is 13.8 Å². The highest BCUT2D eigenvalue weighted by atomic mass is 16.5. The first-order chi connectivity index (χ1) is 16.0. The van der Waals surface area contributed by atoms with Gasteiger partial charge in [-0.05, 0) is 66.5 Å². The molecule has 1 aromatic carbocycles. The minimum absolute atomic E-state index is 0.129. The second-order valence-corrected chi connectivity index (χ2v) is 9.34. The van der Waals surface area contributed by atoms with Crippen molar-refractivity contribution in [3.8, 4) is 0 Å². The number of piperidine rings is 1. The Balaban J connectivity index is 1.43. The molecule has 0 bridgehead atoms. The van der Waals surface area contributed by atoms with E-state index >= 15 is 0 Å². The van der Waals surface area contributed by atoms with Crippen LogP contribution in [0.1, 0.15) is 54.1 Å². The zero-order valence-corrected chi connectivity index (χ0v) is 19.0. The van der Waals surface area contributed by atoms with Gasteiger partial charge in [-0.15, -0.1) is 0 Å². The van der Waals surface area contributed by atoms with E-state index in [-0.39, 0.29) is 12.5 Å². The van der Waals surface area contributed by atoms with Gasteiger partial charge in [-0.3, -0.25) is 4.79 Å². The Hall–Kier alpha value is -3.41. The highest BCUT2D eigenvalue weighted by Crippen LogP contribution is 2.37. The van der Waals surface area contributed by atoms with Crippen LogP contribution in [0.4, 0.5) is 0 Å². The van der Waals surface area contributed by atoms with Crippen LogP contribution in [0.15, 0.2) is 47.1 Å². The molecule has 0 saturated carbocycles. The maximum Gasteiger partial charge on any atom is 0.339 e. The molecule has 6 heteroatoms. The van der Waals surface area contributed by atoms with Gasteiger partial charge in [-0.25, -0.2) is 9.78 Å². The molecule has 1 aliphatic heterocycles. The Morgan fingerprint density at radius 3 is 2.67 bits per heavy atom. The van der Waals surface area contributed by atoms with Gasteiger partial charge < -0.3 is 14.1 Å². The number of allylic oxidation sites excluding steroid dienone is 1. The molecule has 2 aliphatic rings. The maximum absolute atomic E-state index is 13.3. The number of furan rings is 1. The second kappa shape index (κ2) is 8.85. The summed E-state index contributed by atoms with van der Waals surface area (Å²) in [6.45, 7) is 5.51. The van der Waals surface area contributed by atoms with E-state index in [9.17, 15) is 9.59 Å². The lowest BCUT2D eigenvalue weighted by Gasteiger charge is -2.34. The number of hydrogen-bond acceptors (Lipinski definition) is 5. The molecule has 33 heavy (non-hydrogen) atoms. The lowest BCUT2D eigenvalue weighted by atomic mass is 9.92. The molecule has 3 aromatic rings. The molecule has 5 rings (SSSR count). The Bertz CT molecular complexity index is 1220. The van der Waals surface area contributed by atoms with E-state index in [0.717, 1.165) is 59.4 Å². The van der Waals surface area contributed by atoms with Crippen molar-refractivity contribution in [3.05, 3.63) is 65.2 Å². The molecule has 1 fully saturated rings. The van der Waals surface area contributed by atoms with Gasteiger partial charge >= 0.3 is 5.97 Å². The average Bonchev–Trinajstić information content (AvgIpc) is 3.45. The Morgan fingerprint density at radius 1 is 1.12 bits per heavy atom. The third-order valence-corrected chi connectivity index (χ3v) is 6.55. The van der Waals surface area contributed by atoms with Crippen LogP contribution in [0.5, 0.6) is 0 Å². The van der Waals surface area contributed by atoms with Crippen molar-refractivity contribution in [2.24, 2.45) is 11.8 Å². The Labute approximate surface area is 193 Å². The van der Waals surface area contributed by atoms with Crippen LogP contribution in [0.2, 0.25) is 0 Å². The number of fused-ring (bicyclic) bond motifs is 2. The number of carbonyl (C=O) groups excluding carboxylic acids is 2.